The van der Waals surface area contributed by atoms with Crippen LogP contribution in [0.5, 0.6) is 23.0 Å². The number of ether oxygens (including phenoxy) is 4. The number of rotatable bonds is 4. The van der Waals surface area contributed by atoms with Crippen LogP contribution in [0.2, 0.25) is 0 Å². The lowest BCUT2D eigenvalue weighted by molar-refractivity contribution is -0.135. The third-order valence-electron chi connectivity index (χ3n) is 5.58. The van der Waals surface area contributed by atoms with Crippen molar-refractivity contribution in [2.45, 2.75) is 12.3 Å². The molecule has 0 saturated carbocycles. The van der Waals surface area contributed by atoms with Crippen LogP contribution in [0, 0.1) is 0 Å². The SMILES string of the molecule is COc1ccc([C@H]2CC(=O)Oc3ccc4c(c32)O/C(=C\c2cccnc2)C4=O)c(OC)c1. The van der Waals surface area contributed by atoms with Gasteiger partial charge in [0, 0.05) is 35.5 Å². The van der Waals surface area contributed by atoms with Crippen molar-refractivity contribution < 1.29 is 28.5 Å². The molecule has 2 aliphatic heterocycles. The highest BCUT2D eigenvalue weighted by atomic mass is 16.5. The van der Waals surface area contributed by atoms with Crippen LogP contribution in [0.15, 0.2) is 60.6 Å². The number of benzene rings is 2. The van der Waals surface area contributed by atoms with Gasteiger partial charge in [-0.3, -0.25) is 14.6 Å². The first kappa shape index (κ1) is 19.8. The number of pyridine rings is 1. The van der Waals surface area contributed by atoms with E-state index in [2.05, 4.69) is 4.98 Å². The van der Waals surface area contributed by atoms with Gasteiger partial charge in [-0.15, -0.1) is 0 Å². The summed E-state index contributed by atoms with van der Waals surface area (Å²) in [7, 11) is 3.13. The molecule has 2 aliphatic rings. The number of hydrogen-bond donors (Lipinski definition) is 0. The monoisotopic (exact) mass is 429 g/mol. The predicted molar refractivity (Wildman–Crippen MR) is 115 cm³/mol. The number of hydrogen-bond acceptors (Lipinski definition) is 7. The van der Waals surface area contributed by atoms with Gasteiger partial charge in [0.1, 0.15) is 23.0 Å². The van der Waals surface area contributed by atoms with Crippen molar-refractivity contribution in [1.29, 1.82) is 0 Å². The van der Waals surface area contributed by atoms with Crippen molar-refractivity contribution in [3.8, 4) is 23.0 Å². The van der Waals surface area contributed by atoms with Gasteiger partial charge in [0.05, 0.1) is 26.2 Å². The highest BCUT2D eigenvalue weighted by Gasteiger charge is 2.39. The summed E-state index contributed by atoms with van der Waals surface area (Å²) in [6, 6.07) is 12.3. The van der Waals surface area contributed by atoms with E-state index in [1.54, 1.807) is 63.0 Å². The van der Waals surface area contributed by atoms with Crippen LogP contribution in [0.1, 0.15) is 39.4 Å². The molecule has 7 heteroatoms. The summed E-state index contributed by atoms with van der Waals surface area (Å²) in [5.74, 6) is 1.17. The Kier molecular flexibility index (Phi) is 4.86. The smallest absolute Gasteiger partial charge is 0.312 e. The van der Waals surface area contributed by atoms with E-state index >= 15 is 0 Å². The van der Waals surface area contributed by atoms with E-state index in [0.717, 1.165) is 11.1 Å². The Labute approximate surface area is 184 Å². The minimum atomic E-state index is -0.410. The van der Waals surface area contributed by atoms with E-state index in [9.17, 15) is 9.59 Å². The van der Waals surface area contributed by atoms with E-state index in [1.807, 2.05) is 12.1 Å². The lowest BCUT2D eigenvalue weighted by Gasteiger charge is -2.27. The Bertz CT molecular complexity index is 1260. The van der Waals surface area contributed by atoms with Crippen LogP contribution >= 0.6 is 0 Å². The normalized spacial score (nSPS) is 17.9. The van der Waals surface area contributed by atoms with Crippen LogP contribution in [-0.2, 0) is 4.79 Å². The summed E-state index contributed by atoms with van der Waals surface area (Å²) in [5.41, 5.74) is 2.60. The molecule has 0 N–H and O–H groups in total. The van der Waals surface area contributed by atoms with Crippen molar-refractivity contribution in [3.63, 3.8) is 0 Å². The second-order valence-corrected chi connectivity index (χ2v) is 7.42. The molecule has 2 aromatic carbocycles. The fraction of sp³-hybridized carbons (Fsp3) is 0.160. The van der Waals surface area contributed by atoms with Gasteiger partial charge >= 0.3 is 5.97 Å². The highest BCUT2D eigenvalue weighted by molar-refractivity contribution is 6.15. The van der Waals surface area contributed by atoms with E-state index in [1.165, 1.54) is 0 Å². The lowest BCUT2D eigenvalue weighted by atomic mass is 9.84. The van der Waals surface area contributed by atoms with Gasteiger partial charge in [-0.05, 0) is 35.9 Å². The van der Waals surface area contributed by atoms with Crippen LogP contribution in [0.4, 0.5) is 0 Å². The third kappa shape index (κ3) is 3.28. The van der Waals surface area contributed by atoms with Crippen molar-refractivity contribution >= 4 is 17.8 Å². The number of methoxy groups -OCH3 is 2. The van der Waals surface area contributed by atoms with Gasteiger partial charge in [0.25, 0.3) is 0 Å². The summed E-state index contributed by atoms with van der Waals surface area (Å²) in [6.07, 6.45) is 5.05. The zero-order chi connectivity index (χ0) is 22.2. The number of fused-ring (bicyclic) bond motifs is 3. The number of carbonyl (C=O) groups excluding carboxylic acids is 2. The van der Waals surface area contributed by atoms with Crippen molar-refractivity contribution in [3.05, 3.63) is 82.9 Å². The number of ketones is 1. The molecule has 0 amide bonds. The number of carbonyl (C=O) groups is 2. The van der Waals surface area contributed by atoms with E-state index in [-0.39, 0.29) is 23.9 Å². The standard InChI is InChI=1S/C25H19NO6/c1-29-15-5-6-16(20(11-15)30-2)18-12-22(27)31-19-8-7-17-24(28)21(32-25(17)23(18)19)10-14-4-3-9-26-13-14/h3-11,13,18H,12H2,1-2H3/b21-10-/t18-/m1/s1. The highest BCUT2D eigenvalue weighted by Crippen LogP contribution is 2.50. The lowest BCUT2D eigenvalue weighted by Crippen LogP contribution is -2.22. The Hall–Kier alpha value is -4.13. The molecule has 3 aromatic rings. The molecule has 7 nitrogen and oxygen atoms in total. The Morgan fingerprint density at radius 1 is 1.06 bits per heavy atom. The van der Waals surface area contributed by atoms with E-state index in [0.29, 0.717) is 34.1 Å². The summed E-state index contributed by atoms with van der Waals surface area (Å²) in [6.45, 7) is 0. The van der Waals surface area contributed by atoms with Crippen LogP contribution in [0.25, 0.3) is 6.08 Å². The molecule has 0 bridgehead atoms. The largest absolute Gasteiger partial charge is 0.497 e. The zero-order valence-corrected chi connectivity index (χ0v) is 17.5. The molecule has 32 heavy (non-hydrogen) atoms. The van der Waals surface area contributed by atoms with Gasteiger partial charge in [-0.25, -0.2) is 0 Å². The fourth-order valence-electron chi connectivity index (χ4n) is 4.09. The summed E-state index contributed by atoms with van der Waals surface area (Å²) < 4.78 is 22.4. The molecule has 0 saturated heterocycles. The van der Waals surface area contributed by atoms with Gasteiger partial charge < -0.3 is 18.9 Å². The van der Waals surface area contributed by atoms with E-state index < -0.39 is 5.92 Å². The minimum absolute atomic E-state index is 0.0886. The Morgan fingerprint density at radius 2 is 1.94 bits per heavy atom. The van der Waals surface area contributed by atoms with Crippen molar-refractivity contribution in [1.82, 2.24) is 4.98 Å². The summed E-state index contributed by atoms with van der Waals surface area (Å²) in [4.78, 5) is 29.5. The second kappa shape index (κ2) is 7.85. The quantitative estimate of drug-likeness (QED) is 0.350. The van der Waals surface area contributed by atoms with Gasteiger partial charge in [-0.2, -0.15) is 0 Å². The van der Waals surface area contributed by atoms with Crippen LogP contribution < -0.4 is 18.9 Å². The minimum Gasteiger partial charge on any atom is -0.497 e. The predicted octanol–water partition coefficient (Wildman–Crippen LogP) is 4.16. The summed E-state index contributed by atoms with van der Waals surface area (Å²) >= 11 is 0. The van der Waals surface area contributed by atoms with Gasteiger partial charge in [0.2, 0.25) is 5.78 Å². The average Bonchev–Trinajstić information content (AvgIpc) is 3.13. The second-order valence-electron chi connectivity index (χ2n) is 7.42. The Balaban J connectivity index is 1.64. The fourth-order valence-corrected chi connectivity index (χ4v) is 4.09. The molecule has 0 spiro atoms. The molecule has 0 aliphatic carbocycles. The molecule has 1 atom stereocenters. The third-order valence-corrected chi connectivity index (χ3v) is 5.58. The number of allylic oxidation sites excluding steroid dienone is 1. The molecule has 1 aromatic heterocycles. The van der Waals surface area contributed by atoms with Gasteiger partial charge in [0.15, 0.2) is 5.76 Å². The number of Topliss-reactive ketones (excluding diaryl/α,β-unsaturated/α-hetero) is 1. The van der Waals surface area contributed by atoms with Gasteiger partial charge in [-0.1, -0.05) is 12.1 Å². The maximum absolute atomic E-state index is 13.0. The van der Waals surface area contributed by atoms with Crippen LogP contribution in [0.3, 0.4) is 0 Å². The molecule has 0 fully saturated rings. The van der Waals surface area contributed by atoms with Crippen molar-refractivity contribution in [2.75, 3.05) is 14.2 Å². The molecule has 0 unspecified atom stereocenters. The number of aromatic nitrogens is 1. The molecular weight excluding hydrogens is 410 g/mol. The first-order chi connectivity index (χ1) is 15.6. The number of esters is 1. The average molecular weight is 429 g/mol. The molecular formula is C25H19NO6. The maximum Gasteiger partial charge on any atom is 0.312 e. The first-order valence-corrected chi connectivity index (χ1v) is 10.0. The zero-order valence-electron chi connectivity index (χ0n) is 17.5. The molecule has 160 valence electrons. The molecule has 5 rings (SSSR count). The van der Waals surface area contributed by atoms with Crippen LogP contribution in [-0.4, -0.2) is 31.0 Å². The number of nitrogens with zero attached hydrogens (tertiary/aromatic N) is 1. The molecule has 3 heterocycles. The first-order valence-electron chi connectivity index (χ1n) is 10.0. The summed E-state index contributed by atoms with van der Waals surface area (Å²) in [5, 5.41) is 0. The maximum atomic E-state index is 13.0. The molecule has 0 radical (unpaired) electrons. The Morgan fingerprint density at radius 3 is 2.69 bits per heavy atom. The topological polar surface area (TPSA) is 84.0 Å². The van der Waals surface area contributed by atoms with Crippen molar-refractivity contribution in [2.24, 2.45) is 0 Å². The van der Waals surface area contributed by atoms with E-state index in [4.69, 9.17) is 18.9 Å².